The smallest absolute Gasteiger partial charge is 0.326 e. The SMILES string of the molecule is CC(C)[C@@H](N)C(=O)NC(Cc1ccc(O)c(O)c1)C(=O)O. The molecule has 21 heavy (non-hydrogen) atoms. The molecule has 0 fully saturated rings. The van der Waals surface area contributed by atoms with Gasteiger partial charge in [0.05, 0.1) is 6.04 Å². The second kappa shape index (κ2) is 6.94. The first-order chi connectivity index (χ1) is 9.72. The van der Waals surface area contributed by atoms with Crippen LogP contribution in [0.5, 0.6) is 11.5 Å². The van der Waals surface area contributed by atoms with Gasteiger partial charge in [-0.2, -0.15) is 0 Å². The van der Waals surface area contributed by atoms with Gasteiger partial charge in [0.2, 0.25) is 5.91 Å². The van der Waals surface area contributed by atoms with Crippen molar-refractivity contribution in [2.45, 2.75) is 32.4 Å². The molecule has 0 aliphatic carbocycles. The highest BCUT2D eigenvalue weighted by Crippen LogP contribution is 2.25. The number of benzene rings is 1. The van der Waals surface area contributed by atoms with Crippen LogP contribution in [-0.4, -0.2) is 39.3 Å². The van der Waals surface area contributed by atoms with Crippen LogP contribution in [0.25, 0.3) is 0 Å². The van der Waals surface area contributed by atoms with Crippen LogP contribution in [0.3, 0.4) is 0 Å². The summed E-state index contributed by atoms with van der Waals surface area (Å²) in [5, 5.41) is 30.1. The monoisotopic (exact) mass is 296 g/mol. The minimum atomic E-state index is -1.20. The van der Waals surface area contributed by atoms with E-state index >= 15 is 0 Å². The number of carboxylic acid groups (broad SMARTS) is 1. The molecule has 2 atom stereocenters. The molecule has 0 saturated carbocycles. The average molecular weight is 296 g/mol. The lowest BCUT2D eigenvalue weighted by atomic mass is 10.0. The number of phenols is 2. The van der Waals surface area contributed by atoms with Gasteiger partial charge < -0.3 is 26.4 Å². The fourth-order valence-electron chi connectivity index (χ4n) is 1.70. The molecule has 0 aliphatic heterocycles. The highest BCUT2D eigenvalue weighted by Gasteiger charge is 2.25. The second-order valence-electron chi connectivity index (χ2n) is 5.20. The van der Waals surface area contributed by atoms with E-state index in [1.165, 1.54) is 18.2 Å². The van der Waals surface area contributed by atoms with E-state index in [0.717, 1.165) is 0 Å². The predicted molar refractivity (Wildman–Crippen MR) is 75.9 cm³/mol. The summed E-state index contributed by atoms with van der Waals surface area (Å²) in [6.07, 6.45) is -0.0280. The number of carboxylic acids is 1. The zero-order chi connectivity index (χ0) is 16.2. The Morgan fingerprint density at radius 1 is 1.24 bits per heavy atom. The van der Waals surface area contributed by atoms with Crippen molar-refractivity contribution < 1.29 is 24.9 Å². The number of nitrogens with one attached hydrogen (secondary N) is 1. The Balaban J connectivity index is 2.81. The lowest BCUT2D eigenvalue weighted by molar-refractivity contribution is -0.142. The van der Waals surface area contributed by atoms with Crippen molar-refractivity contribution in [3.05, 3.63) is 23.8 Å². The molecular formula is C14H20N2O5. The molecule has 1 rings (SSSR count). The van der Waals surface area contributed by atoms with Crippen LogP contribution >= 0.6 is 0 Å². The van der Waals surface area contributed by atoms with Crippen molar-refractivity contribution in [1.82, 2.24) is 5.32 Å². The van der Waals surface area contributed by atoms with Crippen molar-refractivity contribution in [2.75, 3.05) is 0 Å². The molecule has 1 aromatic carbocycles. The Hall–Kier alpha value is -2.28. The van der Waals surface area contributed by atoms with E-state index in [4.69, 9.17) is 10.8 Å². The minimum Gasteiger partial charge on any atom is -0.504 e. The fourth-order valence-corrected chi connectivity index (χ4v) is 1.70. The predicted octanol–water partition coefficient (Wildman–Crippen LogP) is 0.193. The average Bonchev–Trinajstić information content (AvgIpc) is 2.40. The molecule has 0 bridgehead atoms. The topological polar surface area (TPSA) is 133 Å². The van der Waals surface area contributed by atoms with Gasteiger partial charge in [-0.1, -0.05) is 19.9 Å². The number of carbonyl (C=O) groups is 2. The van der Waals surface area contributed by atoms with E-state index in [0.29, 0.717) is 5.56 Å². The lowest BCUT2D eigenvalue weighted by Crippen LogP contribution is -2.51. The molecule has 7 heteroatoms. The largest absolute Gasteiger partial charge is 0.504 e. The molecule has 7 nitrogen and oxygen atoms in total. The van der Waals surface area contributed by atoms with Gasteiger partial charge >= 0.3 is 5.97 Å². The van der Waals surface area contributed by atoms with Crippen LogP contribution in [-0.2, 0) is 16.0 Å². The third kappa shape index (κ3) is 4.64. The summed E-state index contributed by atoms with van der Waals surface area (Å²) in [6.45, 7) is 3.52. The van der Waals surface area contributed by atoms with Gasteiger partial charge in [-0.25, -0.2) is 4.79 Å². The summed E-state index contributed by atoms with van der Waals surface area (Å²) >= 11 is 0. The van der Waals surface area contributed by atoms with Gasteiger partial charge in [-0.3, -0.25) is 4.79 Å². The Bertz CT molecular complexity index is 530. The molecule has 1 unspecified atom stereocenters. The van der Waals surface area contributed by atoms with Gasteiger partial charge in [0.1, 0.15) is 6.04 Å². The molecular weight excluding hydrogens is 276 g/mol. The number of rotatable bonds is 6. The van der Waals surface area contributed by atoms with Gasteiger partial charge in [0.25, 0.3) is 0 Å². The van der Waals surface area contributed by atoms with E-state index in [-0.39, 0.29) is 23.8 Å². The first-order valence-corrected chi connectivity index (χ1v) is 6.52. The Morgan fingerprint density at radius 2 is 1.86 bits per heavy atom. The zero-order valence-electron chi connectivity index (χ0n) is 11.9. The lowest BCUT2D eigenvalue weighted by Gasteiger charge is -2.20. The summed E-state index contributed by atoms with van der Waals surface area (Å²) in [4.78, 5) is 23.0. The van der Waals surface area contributed by atoms with Crippen molar-refractivity contribution in [2.24, 2.45) is 11.7 Å². The quantitative estimate of drug-likeness (QED) is 0.476. The van der Waals surface area contributed by atoms with Crippen molar-refractivity contribution in [3.8, 4) is 11.5 Å². The number of amides is 1. The third-order valence-corrected chi connectivity index (χ3v) is 3.12. The number of hydrogen-bond donors (Lipinski definition) is 5. The molecule has 0 saturated heterocycles. The summed E-state index contributed by atoms with van der Waals surface area (Å²) in [6, 6.07) is 2.02. The van der Waals surface area contributed by atoms with Crippen LogP contribution in [0.4, 0.5) is 0 Å². The van der Waals surface area contributed by atoms with Crippen molar-refractivity contribution >= 4 is 11.9 Å². The summed E-state index contributed by atoms with van der Waals surface area (Å²) in [5.41, 5.74) is 6.14. The first kappa shape index (κ1) is 16.8. The molecule has 0 radical (unpaired) electrons. The highest BCUT2D eigenvalue weighted by atomic mass is 16.4. The van der Waals surface area contributed by atoms with Crippen molar-refractivity contribution in [1.29, 1.82) is 0 Å². The summed E-state index contributed by atoms with van der Waals surface area (Å²) in [7, 11) is 0. The Morgan fingerprint density at radius 3 is 2.33 bits per heavy atom. The van der Waals surface area contributed by atoms with Gasteiger partial charge in [-0.05, 0) is 23.6 Å². The van der Waals surface area contributed by atoms with E-state index in [2.05, 4.69) is 5.32 Å². The van der Waals surface area contributed by atoms with Crippen LogP contribution < -0.4 is 11.1 Å². The third-order valence-electron chi connectivity index (χ3n) is 3.12. The van der Waals surface area contributed by atoms with Crippen molar-refractivity contribution in [3.63, 3.8) is 0 Å². The van der Waals surface area contributed by atoms with Crippen LogP contribution in [0.1, 0.15) is 19.4 Å². The molecule has 0 spiro atoms. The minimum absolute atomic E-state index is 0.0280. The molecule has 0 aliphatic rings. The number of aromatic hydroxyl groups is 2. The zero-order valence-corrected chi connectivity index (χ0v) is 11.9. The maximum Gasteiger partial charge on any atom is 0.326 e. The van der Waals surface area contributed by atoms with Crippen LogP contribution in [0.2, 0.25) is 0 Å². The molecule has 0 aromatic heterocycles. The van der Waals surface area contributed by atoms with Gasteiger partial charge in [-0.15, -0.1) is 0 Å². The second-order valence-corrected chi connectivity index (χ2v) is 5.20. The maximum atomic E-state index is 11.8. The maximum absolute atomic E-state index is 11.8. The fraction of sp³-hybridized carbons (Fsp3) is 0.429. The number of hydrogen-bond acceptors (Lipinski definition) is 5. The number of nitrogens with two attached hydrogens (primary N) is 1. The molecule has 1 aromatic rings. The normalized spacial score (nSPS) is 13.7. The van der Waals surface area contributed by atoms with E-state index in [1.807, 2.05) is 0 Å². The molecule has 116 valence electrons. The van der Waals surface area contributed by atoms with E-state index in [9.17, 15) is 19.8 Å². The number of phenolic OH excluding ortho intramolecular Hbond substituents is 2. The van der Waals surface area contributed by atoms with Crippen LogP contribution in [0, 0.1) is 5.92 Å². The number of aliphatic carboxylic acids is 1. The summed E-state index contributed by atoms with van der Waals surface area (Å²) in [5.74, 6) is -2.50. The highest BCUT2D eigenvalue weighted by molar-refractivity contribution is 5.87. The first-order valence-electron chi connectivity index (χ1n) is 6.52. The molecule has 1 amide bonds. The molecule has 6 N–H and O–H groups in total. The Labute approximate surface area is 122 Å². The summed E-state index contributed by atoms with van der Waals surface area (Å²) < 4.78 is 0. The van der Waals surface area contributed by atoms with Gasteiger partial charge in [0, 0.05) is 6.42 Å². The number of carbonyl (C=O) groups excluding carboxylic acids is 1. The van der Waals surface area contributed by atoms with E-state index < -0.39 is 24.0 Å². The van der Waals surface area contributed by atoms with E-state index in [1.54, 1.807) is 13.8 Å². The van der Waals surface area contributed by atoms with Crippen LogP contribution in [0.15, 0.2) is 18.2 Å². The van der Waals surface area contributed by atoms with Gasteiger partial charge in [0.15, 0.2) is 11.5 Å². The Kier molecular flexibility index (Phi) is 5.54. The molecule has 0 heterocycles. The standard InChI is InChI=1S/C14H20N2O5/c1-7(2)12(15)13(19)16-9(14(20)21)5-8-3-4-10(17)11(18)6-8/h3-4,6-7,9,12,17-18H,5,15H2,1-2H3,(H,16,19)(H,20,21)/t9?,12-/m1/s1.